The van der Waals surface area contributed by atoms with Gasteiger partial charge in [-0.05, 0) is 30.3 Å². The van der Waals surface area contributed by atoms with Crippen LogP contribution in [-0.2, 0) is 10.3 Å². The number of hydrogen-bond donors (Lipinski definition) is 0. The maximum Gasteiger partial charge on any atom is 0.213 e. The summed E-state index contributed by atoms with van der Waals surface area (Å²) in [4.78, 5) is 13.5. The van der Waals surface area contributed by atoms with E-state index in [0.29, 0.717) is 23.0 Å². The van der Waals surface area contributed by atoms with E-state index in [0.717, 1.165) is 0 Å². The Kier molecular flexibility index (Phi) is 4.30. The minimum Gasteiger partial charge on any atom is -0.481 e. The zero-order valence-electron chi connectivity index (χ0n) is 13.0. The summed E-state index contributed by atoms with van der Waals surface area (Å²) >= 11 is 0. The molecule has 3 aromatic rings. The van der Waals surface area contributed by atoms with Crippen molar-refractivity contribution in [3.05, 3.63) is 84.1 Å². The number of ether oxygens (including phenoxy) is 2. The average Bonchev–Trinajstić information content (AvgIpc) is 2.65. The molecule has 0 fully saturated rings. The average molecular weight is 307 g/mol. The number of methoxy groups -OCH3 is 2. The van der Waals surface area contributed by atoms with Crippen molar-refractivity contribution in [1.29, 1.82) is 0 Å². The van der Waals surface area contributed by atoms with Crippen molar-refractivity contribution in [1.82, 2.24) is 15.0 Å². The van der Waals surface area contributed by atoms with Crippen LogP contribution in [0.2, 0.25) is 0 Å². The van der Waals surface area contributed by atoms with Gasteiger partial charge in [-0.1, -0.05) is 18.2 Å². The summed E-state index contributed by atoms with van der Waals surface area (Å²) in [6.45, 7) is 0. The number of nitrogens with zero attached hydrogens (tertiary/aromatic N) is 3. The minimum absolute atomic E-state index is 0.510. The van der Waals surface area contributed by atoms with Crippen LogP contribution < -0.4 is 4.74 Å². The van der Waals surface area contributed by atoms with E-state index in [4.69, 9.17) is 9.47 Å². The van der Waals surface area contributed by atoms with Gasteiger partial charge in [-0.3, -0.25) is 9.97 Å². The van der Waals surface area contributed by atoms with E-state index in [-0.39, 0.29) is 0 Å². The van der Waals surface area contributed by atoms with Crippen LogP contribution in [0.15, 0.2) is 67.0 Å². The summed E-state index contributed by atoms with van der Waals surface area (Å²) in [6.07, 6.45) is 3.46. The summed E-state index contributed by atoms with van der Waals surface area (Å²) in [5, 5.41) is 0. The van der Waals surface area contributed by atoms with Gasteiger partial charge in [0.15, 0.2) is 5.60 Å². The molecule has 0 radical (unpaired) electrons. The quantitative estimate of drug-likeness (QED) is 0.725. The van der Waals surface area contributed by atoms with Gasteiger partial charge < -0.3 is 9.47 Å². The Hall–Kier alpha value is -2.79. The van der Waals surface area contributed by atoms with Gasteiger partial charge in [0.25, 0.3) is 0 Å². The van der Waals surface area contributed by atoms with Gasteiger partial charge in [0.2, 0.25) is 5.88 Å². The van der Waals surface area contributed by atoms with Crippen LogP contribution in [0.3, 0.4) is 0 Å². The van der Waals surface area contributed by atoms with Crippen LogP contribution in [0, 0.1) is 0 Å². The Labute approximate surface area is 135 Å². The molecule has 0 saturated heterocycles. The van der Waals surface area contributed by atoms with E-state index in [1.165, 1.54) is 0 Å². The molecule has 3 heterocycles. The Morgan fingerprint density at radius 3 is 1.83 bits per heavy atom. The van der Waals surface area contributed by atoms with Crippen LogP contribution in [0.4, 0.5) is 0 Å². The van der Waals surface area contributed by atoms with Crippen molar-refractivity contribution < 1.29 is 9.47 Å². The lowest BCUT2D eigenvalue weighted by Gasteiger charge is -2.31. The number of pyridine rings is 3. The molecule has 0 atom stereocenters. The lowest BCUT2D eigenvalue weighted by molar-refractivity contribution is 0.0469. The predicted octanol–water partition coefficient (Wildman–Crippen LogP) is 2.82. The van der Waals surface area contributed by atoms with Gasteiger partial charge in [0.05, 0.1) is 24.2 Å². The van der Waals surface area contributed by atoms with Crippen molar-refractivity contribution >= 4 is 0 Å². The van der Waals surface area contributed by atoms with E-state index >= 15 is 0 Å². The Morgan fingerprint density at radius 1 is 0.739 bits per heavy atom. The van der Waals surface area contributed by atoms with Crippen molar-refractivity contribution in [2.24, 2.45) is 0 Å². The lowest BCUT2D eigenvalue weighted by atomic mass is 9.89. The zero-order valence-corrected chi connectivity index (χ0v) is 13.0. The summed E-state index contributed by atoms with van der Waals surface area (Å²) in [7, 11) is 3.21. The Bertz CT molecular complexity index is 724. The molecule has 5 heteroatoms. The molecule has 3 rings (SSSR count). The smallest absolute Gasteiger partial charge is 0.213 e. The summed E-state index contributed by atoms with van der Waals surface area (Å²) < 4.78 is 11.2. The van der Waals surface area contributed by atoms with Crippen molar-refractivity contribution in [3.8, 4) is 5.88 Å². The first-order valence-corrected chi connectivity index (χ1v) is 7.21. The van der Waals surface area contributed by atoms with E-state index in [1.54, 1.807) is 32.7 Å². The summed E-state index contributed by atoms with van der Waals surface area (Å²) in [5.74, 6) is 0.510. The van der Waals surface area contributed by atoms with Crippen LogP contribution >= 0.6 is 0 Å². The highest BCUT2D eigenvalue weighted by Crippen LogP contribution is 2.37. The molecule has 0 unspecified atom stereocenters. The second kappa shape index (κ2) is 6.54. The minimum atomic E-state index is -1.00. The topological polar surface area (TPSA) is 57.1 Å². The second-order valence-electron chi connectivity index (χ2n) is 4.88. The normalized spacial score (nSPS) is 11.2. The third-order valence-electron chi connectivity index (χ3n) is 3.65. The number of aromatic nitrogens is 3. The molecule has 0 amide bonds. The molecule has 0 spiro atoms. The molecule has 0 bridgehead atoms. The molecule has 116 valence electrons. The molecular formula is C18H17N3O2. The van der Waals surface area contributed by atoms with Crippen LogP contribution in [0.1, 0.15) is 17.1 Å². The number of rotatable bonds is 5. The Morgan fingerprint density at radius 2 is 1.35 bits per heavy atom. The van der Waals surface area contributed by atoms with Gasteiger partial charge in [-0.15, -0.1) is 0 Å². The van der Waals surface area contributed by atoms with E-state index in [1.807, 2.05) is 48.5 Å². The summed E-state index contributed by atoms with van der Waals surface area (Å²) in [5.41, 5.74) is 1.08. The first-order valence-electron chi connectivity index (χ1n) is 7.21. The lowest BCUT2D eigenvalue weighted by Crippen LogP contribution is -2.34. The highest BCUT2D eigenvalue weighted by molar-refractivity contribution is 5.39. The number of hydrogen-bond acceptors (Lipinski definition) is 5. The van der Waals surface area contributed by atoms with E-state index in [2.05, 4.69) is 15.0 Å². The standard InChI is InChI=1S/C18H17N3O2/c1-22-17-11-7-10-16(21-17)18(23-2,14-8-3-5-12-19-14)15-9-4-6-13-20-15/h3-13H,1-2H3. The molecule has 0 aromatic carbocycles. The molecule has 3 aromatic heterocycles. The first-order chi connectivity index (χ1) is 11.3. The maximum absolute atomic E-state index is 5.95. The monoisotopic (exact) mass is 307 g/mol. The maximum atomic E-state index is 5.95. The third-order valence-corrected chi connectivity index (χ3v) is 3.65. The highest BCUT2D eigenvalue weighted by Gasteiger charge is 2.41. The van der Waals surface area contributed by atoms with Crippen molar-refractivity contribution in [2.75, 3.05) is 14.2 Å². The fourth-order valence-corrected chi connectivity index (χ4v) is 2.57. The molecule has 0 N–H and O–H groups in total. The molecule has 0 saturated carbocycles. The van der Waals surface area contributed by atoms with Gasteiger partial charge >= 0.3 is 0 Å². The zero-order chi connectivity index (χ0) is 16.1. The van der Waals surface area contributed by atoms with E-state index in [9.17, 15) is 0 Å². The fourth-order valence-electron chi connectivity index (χ4n) is 2.57. The van der Waals surface area contributed by atoms with E-state index < -0.39 is 5.60 Å². The largest absolute Gasteiger partial charge is 0.481 e. The molecule has 23 heavy (non-hydrogen) atoms. The molecule has 0 aliphatic heterocycles. The van der Waals surface area contributed by atoms with Gasteiger partial charge in [0, 0.05) is 25.6 Å². The highest BCUT2D eigenvalue weighted by atomic mass is 16.5. The molecule has 0 aliphatic carbocycles. The molecular weight excluding hydrogens is 290 g/mol. The Balaban J connectivity index is 2.29. The predicted molar refractivity (Wildman–Crippen MR) is 86.2 cm³/mol. The van der Waals surface area contributed by atoms with Crippen LogP contribution in [0.5, 0.6) is 5.88 Å². The first kappa shape index (κ1) is 15.1. The second-order valence-corrected chi connectivity index (χ2v) is 4.88. The third kappa shape index (κ3) is 2.66. The summed E-state index contributed by atoms with van der Waals surface area (Å²) in [6, 6.07) is 16.9. The molecule has 0 aliphatic rings. The van der Waals surface area contributed by atoms with Gasteiger partial charge in [-0.2, -0.15) is 0 Å². The molecule has 5 nitrogen and oxygen atoms in total. The van der Waals surface area contributed by atoms with Gasteiger partial charge in [-0.25, -0.2) is 4.98 Å². The van der Waals surface area contributed by atoms with Crippen LogP contribution in [-0.4, -0.2) is 29.2 Å². The fraction of sp³-hybridized carbons (Fsp3) is 0.167. The van der Waals surface area contributed by atoms with Gasteiger partial charge in [0.1, 0.15) is 0 Å². The van der Waals surface area contributed by atoms with Crippen molar-refractivity contribution in [2.45, 2.75) is 5.60 Å². The van der Waals surface area contributed by atoms with Crippen LogP contribution in [0.25, 0.3) is 0 Å². The van der Waals surface area contributed by atoms with Crippen molar-refractivity contribution in [3.63, 3.8) is 0 Å². The SMILES string of the molecule is COc1cccc(C(OC)(c2ccccn2)c2ccccn2)n1.